The van der Waals surface area contributed by atoms with Crippen molar-refractivity contribution in [2.24, 2.45) is 5.92 Å². The zero-order chi connectivity index (χ0) is 20.0. The Morgan fingerprint density at radius 2 is 1.85 bits per heavy atom. The highest BCUT2D eigenvalue weighted by Crippen LogP contribution is 2.26. The number of nitrogens with one attached hydrogen (secondary N) is 1. The van der Waals surface area contributed by atoms with Crippen molar-refractivity contribution in [3.8, 4) is 0 Å². The molecule has 2 rings (SSSR count). The van der Waals surface area contributed by atoms with Gasteiger partial charge in [0.05, 0.1) is 0 Å². The molecule has 1 amide bonds. The lowest BCUT2D eigenvalue weighted by atomic mass is 9.97. The van der Waals surface area contributed by atoms with E-state index in [1.807, 2.05) is 0 Å². The second-order valence-corrected chi connectivity index (χ2v) is 8.48. The topological polar surface area (TPSA) is 69.7 Å². The molecular weight excluding hydrogens is 376 g/mol. The van der Waals surface area contributed by atoms with Crippen molar-refractivity contribution >= 4 is 15.9 Å². The molecule has 9 heteroatoms. The van der Waals surface area contributed by atoms with Crippen LogP contribution < -0.4 is 5.32 Å². The quantitative estimate of drug-likeness (QED) is 0.719. The summed E-state index contributed by atoms with van der Waals surface area (Å²) < 4.78 is 53.4. The van der Waals surface area contributed by atoms with Gasteiger partial charge in [0.2, 0.25) is 15.9 Å². The molecule has 0 aromatic heterocycles. The van der Waals surface area contributed by atoms with E-state index in [0.29, 0.717) is 25.5 Å². The van der Waals surface area contributed by atoms with Crippen molar-refractivity contribution in [1.29, 1.82) is 0 Å². The summed E-state index contributed by atoms with van der Waals surface area (Å²) in [7, 11) is -4.12. The van der Waals surface area contributed by atoms with Crippen LogP contribution in [0.2, 0.25) is 0 Å². The summed E-state index contributed by atoms with van der Waals surface area (Å²) in [5.41, 5.74) is 0. The molecule has 1 fully saturated rings. The number of halogens is 2. The highest BCUT2D eigenvalue weighted by molar-refractivity contribution is 7.89. The van der Waals surface area contributed by atoms with E-state index in [1.165, 1.54) is 0 Å². The molecule has 1 aliphatic heterocycles. The van der Waals surface area contributed by atoms with Gasteiger partial charge in [-0.2, -0.15) is 4.31 Å². The molecule has 0 unspecified atom stereocenters. The molecule has 0 saturated carbocycles. The predicted molar refractivity (Wildman–Crippen MR) is 98.6 cm³/mol. The molecule has 6 nitrogen and oxygen atoms in total. The van der Waals surface area contributed by atoms with Crippen LogP contribution in [-0.4, -0.2) is 62.8 Å². The zero-order valence-corrected chi connectivity index (χ0v) is 16.6. The molecule has 0 bridgehead atoms. The van der Waals surface area contributed by atoms with Gasteiger partial charge in [0.25, 0.3) is 0 Å². The molecule has 0 atom stereocenters. The zero-order valence-electron chi connectivity index (χ0n) is 15.7. The summed E-state index contributed by atoms with van der Waals surface area (Å²) in [5, 5.41) is 2.90. The van der Waals surface area contributed by atoms with Crippen molar-refractivity contribution in [3.05, 3.63) is 29.8 Å². The monoisotopic (exact) mass is 403 g/mol. The Morgan fingerprint density at radius 3 is 2.44 bits per heavy atom. The third-order valence-corrected chi connectivity index (χ3v) is 6.87. The number of likely N-dealkylation sites (N-methyl/N-ethyl adjacent to an activating group) is 1. The first kappa shape index (κ1) is 21.7. The van der Waals surface area contributed by atoms with Crippen molar-refractivity contribution in [1.82, 2.24) is 14.5 Å². The van der Waals surface area contributed by atoms with E-state index in [4.69, 9.17) is 0 Å². The average molecular weight is 403 g/mol. The summed E-state index contributed by atoms with van der Waals surface area (Å²) >= 11 is 0. The minimum absolute atomic E-state index is 0.0869. The molecule has 0 radical (unpaired) electrons. The van der Waals surface area contributed by atoms with Crippen molar-refractivity contribution in [3.63, 3.8) is 0 Å². The van der Waals surface area contributed by atoms with E-state index in [9.17, 15) is 22.0 Å². The first-order chi connectivity index (χ1) is 12.8. The Balaban J connectivity index is 1.91. The molecular formula is C18H27F2N3O3S. The second kappa shape index (κ2) is 9.57. The highest BCUT2D eigenvalue weighted by Gasteiger charge is 2.33. The first-order valence-corrected chi connectivity index (χ1v) is 10.7. The average Bonchev–Trinajstić information content (AvgIpc) is 2.67. The van der Waals surface area contributed by atoms with Crippen LogP contribution in [-0.2, 0) is 14.8 Å². The number of benzene rings is 1. The molecule has 1 aliphatic rings. The third-order valence-electron chi connectivity index (χ3n) is 4.96. The predicted octanol–water partition coefficient (Wildman–Crippen LogP) is 1.82. The number of carbonyl (C=O) groups is 1. The lowest BCUT2D eigenvalue weighted by Crippen LogP contribution is -2.44. The van der Waals surface area contributed by atoms with Crippen LogP contribution in [0.3, 0.4) is 0 Å². The van der Waals surface area contributed by atoms with E-state index in [0.717, 1.165) is 36.1 Å². The Kier molecular flexibility index (Phi) is 7.69. The Bertz CT molecular complexity index is 746. The molecule has 0 spiro atoms. The van der Waals surface area contributed by atoms with Gasteiger partial charge in [-0.05, 0) is 44.1 Å². The van der Waals surface area contributed by atoms with Crippen LogP contribution in [0.25, 0.3) is 0 Å². The van der Waals surface area contributed by atoms with Gasteiger partial charge >= 0.3 is 0 Å². The maximum Gasteiger partial charge on any atom is 0.246 e. The maximum absolute atomic E-state index is 13.8. The number of carbonyl (C=O) groups excluding carboxylic acids is 1. The Hall–Kier alpha value is -1.58. The van der Waals surface area contributed by atoms with Crippen molar-refractivity contribution in [2.75, 3.05) is 39.3 Å². The minimum atomic E-state index is -4.12. The van der Waals surface area contributed by atoms with Gasteiger partial charge in [0.1, 0.15) is 16.5 Å². The number of rotatable bonds is 8. The maximum atomic E-state index is 13.8. The number of piperidine rings is 1. The highest BCUT2D eigenvalue weighted by atomic mass is 32.2. The Morgan fingerprint density at radius 1 is 1.22 bits per heavy atom. The van der Waals surface area contributed by atoms with Gasteiger partial charge in [-0.3, -0.25) is 4.79 Å². The fourth-order valence-corrected chi connectivity index (χ4v) is 4.74. The fourth-order valence-electron chi connectivity index (χ4n) is 3.19. The van der Waals surface area contributed by atoms with Crippen LogP contribution in [0, 0.1) is 17.6 Å². The number of nitrogens with zero attached hydrogens (tertiary/aromatic N) is 2. The lowest BCUT2D eigenvalue weighted by Gasteiger charge is -2.30. The number of hydrogen-bond donors (Lipinski definition) is 1. The van der Waals surface area contributed by atoms with Crippen molar-refractivity contribution < 1.29 is 22.0 Å². The first-order valence-electron chi connectivity index (χ1n) is 9.24. The van der Waals surface area contributed by atoms with E-state index >= 15 is 0 Å². The number of hydrogen-bond acceptors (Lipinski definition) is 4. The molecule has 0 aliphatic carbocycles. The molecule has 1 heterocycles. The van der Waals surface area contributed by atoms with Gasteiger partial charge < -0.3 is 10.2 Å². The number of amides is 1. The molecule has 27 heavy (non-hydrogen) atoms. The molecule has 1 N–H and O–H groups in total. The summed E-state index contributed by atoms with van der Waals surface area (Å²) in [6.45, 7) is 7.47. The van der Waals surface area contributed by atoms with Crippen LogP contribution in [0.4, 0.5) is 8.78 Å². The summed E-state index contributed by atoms with van der Waals surface area (Å²) in [6, 6.07) is 2.37. The van der Waals surface area contributed by atoms with E-state index in [2.05, 4.69) is 24.1 Å². The van der Waals surface area contributed by atoms with E-state index in [1.54, 1.807) is 0 Å². The molecule has 1 aromatic rings. The summed E-state index contributed by atoms with van der Waals surface area (Å²) in [4.78, 5) is 13.8. The lowest BCUT2D eigenvalue weighted by molar-refractivity contribution is -0.126. The largest absolute Gasteiger partial charge is 0.355 e. The SMILES string of the molecule is CCN(CC)CCNC(=O)C1CCN(S(=O)(=O)c2cc(F)ccc2F)CC1. The Labute approximate surface area is 159 Å². The molecule has 1 aromatic carbocycles. The summed E-state index contributed by atoms with van der Waals surface area (Å²) in [5.74, 6) is -2.15. The van der Waals surface area contributed by atoms with E-state index in [-0.39, 0.29) is 24.9 Å². The van der Waals surface area contributed by atoms with Crippen LogP contribution in [0.15, 0.2) is 23.1 Å². The van der Waals surface area contributed by atoms with Gasteiger partial charge in [0, 0.05) is 32.1 Å². The van der Waals surface area contributed by atoms with Gasteiger partial charge in [-0.1, -0.05) is 13.8 Å². The smallest absolute Gasteiger partial charge is 0.246 e. The van der Waals surface area contributed by atoms with Crippen LogP contribution >= 0.6 is 0 Å². The third kappa shape index (κ3) is 5.46. The van der Waals surface area contributed by atoms with Crippen molar-refractivity contribution in [2.45, 2.75) is 31.6 Å². The van der Waals surface area contributed by atoms with Crippen LogP contribution in [0.5, 0.6) is 0 Å². The van der Waals surface area contributed by atoms with Gasteiger partial charge in [0.15, 0.2) is 0 Å². The standard InChI is InChI=1S/C18H27F2N3O3S/c1-3-22(4-2)12-9-21-18(24)14-7-10-23(11-8-14)27(25,26)17-13-15(19)5-6-16(17)20/h5-6,13-14H,3-4,7-12H2,1-2H3,(H,21,24). The van der Waals surface area contributed by atoms with Gasteiger partial charge in [-0.25, -0.2) is 17.2 Å². The van der Waals surface area contributed by atoms with Gasteiger partial charge in [-0.15, -0.1) is 0 Å². The fraction of sp³-hybridized carbons (Fsp3) is 0.611. The number of sulfonamides is 1. The van der Waals surface area contributed by atoms with Crippen LogP contribution in [0.1, 0.15) is 26.7 Å². The normalized spacial score (nSPS) is 16.6. The minimum Gasteiger partial charge on any atom is -0.355 e. The molecule has 1 saturated heterocycles. The molecule has 152 valence electrons. The van der Waals surface area contributed by atoms with E-state index < -0.39 is 26.6 Å². The summed E-state index contributed by atoms with van der Waals surface area (Å²) in [6.07, 6.45) is 0.709. The second-order valence-electron chi connectivity index (χ2n) is 6.57.